The first-order chi connectivity index (χ1) is 10.0. The number of urea groups is 1. The summed E-state index contributed by atoms with van der Waals surface area (Å²) in [6.07, 6.45) is 3.77. The van der Waals surface area contributed by atoms with Gasteiger partial charge < -0.3 is 15.3 Å². The van der Waals surface area contributed by atoms with E-state index in [2.05, 4.69) is 11.9 Å². The number of carbonyl (C=O) groups excluding carboxylic acids is 1. The molecule has 5 heteroatoms. The number of benzene rings is 1. The van der Waals surface area contributed by atoms with Crippen LogP contribution in [-0.2, 0) is 0 Å². The lowest BCUT2D eigenvalue weighted by molar-refractivity contribution is 0.0383. The molecule has 1 aliphatic rings. The number of anilines is 1. The lowest BCUT2D eigenvalue weighted by Gasteiger charge is -2.37. The predicted molar refractivity (Wildman–Crippen MR) is 85.6 cm³/mol. The van der Waals surface area contributed by atoms with Crippen LogP contribution in [0.1, 0.15) is 19.3 Å². The first-order valence-electron chi connectivity index (χ1n) is 7.11. The van der Waals surface area contributed by atoms with Crippen molar-refractivity contribution in [1.29, 1.82) is 0 Å². The molecule has 2 rings (SSSR count). The molecular weight excluding hydrogens is 288 g/mol. The van der Waals surface area contributed by atoms with Crippen molar-refractivity contribution in [3.63, 3.8) is 0 Å². The summed E-state index contributed by atoms with van der Waals surface area (Å²) in [6.45, 7) is 3.81. The largest absolute Gasteiger partial charge is 0.391 e. The van der Waals surface area contributed by atoms with Crippen molar-refractivity contribution in [3.05, 3.63) is 41.9 Å². The monoisotopic (exact) mass is 308 g/mol. The molecule has 1 saturated carbocycles. The van der Waals surface area contributed by atoms with Crippen molar-refractivity contribution in [2.45, 2.75) is 31.4 Å². The third kappa shape index (κ3) is 3.99. The van der Waals surface area contributed by atoms with Gasteiger partial charge in [0.1, 0.15) is 0 Å². The van der Waals surface area contributed by atoms with Gasteiger partial charge in [-0.1, -0.05) is 23.7 Å². The average molecular weight is 309 g/mol. The summed E-state index contributed by atoms with van der Waals surface area (Å²) in [4.78, 5) is 13.9. The summed E-state index contributed by atoms with van der Waals surface area (Å²) in [7, 11) is 1.71. The summed E-state index contributed by atoms with van der Waals surface area (Å²) in [5.41, 5.74) is 0.643. The molecule has 0 spiro atoms. The van der Waals surface area contributed by atoms with Gasteiger partial charge in [-0.3, -0.25) is 0 Å². The molecule has 0 radical (unpaired) electrons. The Morgan fingerprint density at radius 2 is 2.29 bits per heavy atom. The highest BCUT2D eigenvalue weighted by molar-refractivity contribution is 6.30. The van der Waals surface area contributed by atoms with Gasteiger partial charge in [0, 0.05) is 17.8 Å². The van der Waals surface area contributed by atoms with Crippen molar-refractivity contribution < 1.29 is 9.90 Å². The Balaban J connectivity index is 2.02. The lowest BCUT2D eigenvalue weighted by Crippen LogP contribution is -2.49. The summed E-state index contributed by atoms with van der Waals surface area (Å²) in [6, 6.07) is 6.56. The Kier molecular flexibility index (Phi) is 5.26. The van der Waals surface area contributed by atoms with E-state index in [1.165, 1.54) is 0 Å². The summed E-state index contributed by atoms with van der Waals surface area (Å²) < 4.78 is 0. The van der Waals surface area contributed by atoms with Gasteiger partial charge in [-0.05, 0) is 43.4 Å². The van der Waals surface area contributed by atoms with Crippen molar-refractivity contribution in [3.8, 4) is 0 Å². The molecular formula is C16H21ClN2O2. The molecule has 3 atom stereocenters. The normalized spacial score (nSPS) is 25.2. The molecule has 3 unspecified atom stereocenters. The lowest BCUT2D eigenvalue weighted by atomic mass is 9.83. The average Bonchev–Trinajstić information content (AvgIpc) is 2.47. The number of allylic oxidation sites excluding steroid dienone is 1. The molecule has 1 aliphatic carbocycles. The zero-order valence-electron chi connectivity index (χ0n) is 12.1. The van der Waals surface area contributed by atoms with Crippen molar-refractivity contribution >= 4 is 23.3 Å². The second-order valence-electron chi connectivity index (χ2n) is 5.49. The number of aliphatic hydroxyl groups excluding tert-OH is 1. The predicted octanol–water partition coefficient (Wildman–Crippen LogP) is 3.52. The molecule has 1 aromatic carbocycles. The van der Waals surface area contributed by atoms with Gasteiger partial charge >= 0.3 is 6.03 Å². The van der Waals surface area contributed by atoms with Crippen LogP contribution in [0.3, 0.4) is 0 Å². The smallest absolute Gasteiger partial charge is 0.321 e. The molecule has 2 N–H and O–H groups in total. The van der Waals surface area contributed by atoms with Crippen LogP contribution >= 0.6 is 11.6 Å². The van der Waals surface area contributed by atoms with Crippen LogP contribution in [0.5, 0.6) is 0 Å². The highest BCUT2D eigenvalue weighted by atomic mass is 35.5. The third-order valence-electron chi connectivity index (χ3n) is 4.05. The van der Waals surface area contributed by atoms with Crippen molar-refractivity contribution in [1.82, 2.24) is 4.90 Å². The van der Waals surface area contributed by atoms with Gasteiger partial charge in [-0.2, -0.15) is 0 Å². The molecule has 21 heavy (non-hydrogen) atoms. The van der Waals surface area contributed by atoms with Gasteiger partial charge in [-0.25, -0.2) is 4.79 Å². The minimum Gasteiger partial charge on any atom is -0.391 e. The number of nitrogens with zero attached hydrogens (tertiary/aromatic N) is 1. The number of nitrogens with one attached hydrogen (secondary N) is 1. The quantitative estimate of drug-likeness (QED) is 0.839. The first-order valence-corrected chi connectivity index (χ1v) is 7.49. The number of amides is 2. The van der Waals surface area contributed by atoms with Crippen LogP contribution in [0, 0.1) is 5.92 Å². The summed E-state index contributed by atoms with van der Waals surface area (Å²) >= 11 is 5.90. The molecule has 1 fully saturated rings. The van der Waals surface area contributed by atoms with Gasteiger partial charge in [-0.15, -0.1) is 6.58 Å². The fourth-order valence-electron chi connectivity index (χ4n) is 2.72. The van der Waals surface area contributed by atoms with E-state index in [1.54, 1.807) is 36.2 Å². The van der Waals surface area contributed by atoms with E-state index in [-0.39, 0.29) is 12.1 Å². The van der Waals surface area contributed by atoms with Crippen LogP contribution in [0.25, 0.3) is 0 Å². The number of carbonyl (C=O) groups is 1. The Bertz CT molecular complexity index is 521. The first kappa shape index (κ1) is 15.9. The van der Waals surface area contributed by atoms with E-state index in [9.17, 15) is 9.90 Å². The van der Waals surface area contributed by atoms with Gasteiger partial charge in [0.2, 0.25) is 0 Å². The van der Waals surface area contributed by atoms with E-state index < -0.39 is 6.10 Å². The number of hydrogen-bond acceptors (Lipinski definition) is 2. The van der Waals surface area contributed by atoms with Crippen molar-refractivity contribution in [2.75, 3.05) is 12.4 Å². The van der Waals surface area contributed by atoms with E-state index in [0.717, 1.165) is 12.8 Å². The third-order valence-corrected chi connectivity index (χ3v) is 4.28. The Labute approximate surface area is 130 Å². The molecule has 1 aromatic rings. The Morgan fingerprint density at radius 3 is 2.95 bits per heavy atom. The van der Waals surface area contributed by atoms with Crippen LogP contribution in [0.15, 0.2) is 36.9 Å². The Hall–Kier alpha value is -1.52. The number of rotatable bonds is 3. The van der Waals surface area contributed by atoms with Crippen LogP contribution < -0.4 is 5.32 Å². The molecule has 2 amide bonds. The second-order valence-corrected chi connectivity index (χ2v) is 5.93. The number of hydrogen-bond donors (Lipinski definition) is 2. The van der Waals surface area contributed by atoms with Gasteiger partial charge in [0.15, 0.2) is 0 Å². The summed E-state index contributed by atoms with van der Waals surface area (Å²) in [5, 5.41) is 13.5. The van der Waals surface area contributed by atoms with Crippen LogP contribution in [0.2, 0.25) is 5.02 Å². The maximum absolute atomic E-state index is 12.3. The van der Waals surface area contributed by atoms with Gasteiger partial charge in [0.25, 0.3) is 0 Å². The van der Waals surface area contributed by atoms with E-state index >= 15 is 0 Å². The molecule has 0 heterocycles. The molecule has 0 saturated heterocycles. The molecule has 114 valence electrons. The topological polar surface area (TPSA) is 52.6 Å². The zero-order valence-corrected chi connectivity index (χ0v) is 12.9. The standard InChI is InChI=1S/C16H21ClN2O2/c1-3-11-7-8-15(20)14(9-11)19(2)16(21)18-13-6-4-5-12(17)10-13/h3-6,10-11,14-15,20H,1,7-9H2,2H3,(H,18,21). The molecule has 0 aromatic heterocycles. The maximum atomic E-state index is 12.3. The molecule has 0 bridgehead atoms. The highest BCUT2D eigenvalue weighted by Gasteiger charge is 2.32. The highest BCUT2D eigenvalue weighted by Crippen LogP contribution is 2.28. The van der Waals surface area contributed by atoms with E-state index in [4.69, 9.17) is 11.6 Å². The Morgan fingerprint density at radius 1 is 1.52 bits per heavy atom. The van der Waals surface area contributed by atoms with E-state index in [0.29, 0.717) is 23.0 Å². The fourth-order valence-corrected chi connectivity index (χ4v) is 2.91. The zero-order chi connectivity index (χ0) is 15.4. The van der Waals surface area contributed by atoms with Gasteiger partial charge in [0.05, 0.1) is 12.1 Å². The SMILES string of the molecule is C=CC1CCC(O)C(N(C)C(=O)Nc2cccc(Cl)c2)C1. The molecule has 0 aliphatic heterocycles. The fraction of sp³-hybridized carbons (Fsp3) is 0.438. The second kappa shape index (κ2) is 6.96. The minimum absolute atomic E-state index is 0.194. The minimum atomic E-state index is -0.490. The van der Waals surface area contributed by atoms with Crippen LogP contribution in [-0.4, -0.2) is 35.2 Å². The molecule has 4 nitrogen and oxygen atoms in total. The van der Waals surface area contributed by atoms with E-state index in [1.807, 2.05) is 6.08 Å². The summed E-state index contributed by atoms with van der Waals surface area (Å²) in [5.74, 6) is 0.347. The number of aliphatic hydroxyl groups is 1. The maximum Gasteiger partial charge on any atom is 0.321 e. The number of likely N-dealkylation sites (N-methyl/N-ethyl adjacent to an activating group) is 1. The number of halogens is 1. The van der Waals surface area contributed by atoms with Crippen molar-refractivity contribution in [2.24, 2.45) is 5.92 Å². The van der Waals surface area contributed by atoms with Crippen LogP contribution in [0.4, 0.5) is 10.5 Å².